The van der Waals surface area contributed by atoms with E-state index in [9.17, 15) is 0 Å². The van der Waals surface area contributed by atoms with Gasteiger partial charge in [0, 0.05) is 29.7 Å². The van der Waals surface area contributed by atoms with Crippen LogP contribution in [-0.4, -0.2) is 55.9 Å². The molecule has 6 heteroatoms. The van der Waals surface area contributed by atoms with E-state index in [0.29, 0.717) is 24.2 Å². The summed E-state index contributed by atoms with van der Waals surface area (Å²) in [5, 5.41) is 14.5. The molecule has 7 N–H and O–H groups in total. The van der Waals surface area contributed by atoms with E-state index in [-0.39, 0.29) is 11.0 Å². The third kappa shape index (κ3) is 13.7. The SMILES string of the molecule is CCC(CCCNC(C)C)(CCCNC(C)C)C(CCCNC(C)C)(CCCNC(C)C)NN. The van der Waals surface area contributed by atoms with Crippen molar-refractivity contribution >= 4 is 0 Å². The molecule has 0 aromatic heterocycles. The Morgan fingerprint density at radius 2 is 0.824 bits per heavy atom. The lowest BCUT2D eigenvalue weighted by atomic mass is 9.59. The standard InChI is InChI=1S/C28H64N6/c1-10-27(15-11-19-30-23(2)3,16-12-20-31-24(4)5)28(34-29,17-13-21-32-25(6)7)18-14-22-33-26(8)9/h23-26,30-34H,10-22,29H2,1-9H3. The Hall–Kier alpha value is -0.240. The van der Waals surface area contributed by atoms with E-state index in [1.165, 1.54) is 25.7 Å². The number of hydrazine groups is 1. The first-order valence-corrected chi connectivity index (χ1v) is 14.5. The lowest BCUT2D eigenvalue weighted by Gasteiger charge is -2.52. The van der Waals surface area contributed by atoms with E-state index in [1.54, 1.807) is 0 Å². The van der Waals surface area contributed by atoms with Crippen molar-refractivity contribution in [3.05, 3.63) is 0 Å². The highest BCUT2D eigenvalue weighted by Crippen LogP contribution is 2.48. The van der Waals surface area contributed by atoms with Gasteiger partial charge >= 0.3 is 0 Å². The molecule has 0 fully saturated rings. The molecule has 0 unspecified atom stereocenters. The molecule has 0 aliphatic heterocycles. The lowest BCUT2D eigenvalue weighted by Crippen LogP contribution is -2.61. The van der Waals surface area contributed by atoms with Crippen LogP contribution >= 0.6 is 0 Å². The molecule has 0 aromatic carbocycles. The van der Waals surface area contributed by atoms with Gasteiger partial charge in [-0.15, -0.1) is 0 Å². The summed E-state index contributed by atoms with van der Waals surface area (Å²) in [6.45, 7) is 24.5. The van der Waals surface area contributed by atoms with Crippen LogP contribution in [0.25, 0.3) is 0 Å². The van der Waals surface area contributed by atoms with Crippen LogP contribution in [0.2, 0.25) is 0 Å². The van der Waals surface area contributed by atoms with Crippen molar-refractivity contribution in [2.24, 2.45) is 11.3 Å². The van der Waals surface area contributed by atoms with Gasteiger partial charge in [-0.1, -0.05) is 62.3 Å². The second-order valence-electron chi connectivity index (χ2n) is 11.7. The van der Waals surface area contributed by atoms with E-state index in [1.807, 2.05) is 0 Å². The monoisotopic (exact) mass is 485 g/mol. The molecule has 6 nitrogen and oxygen atoms in total. The summed E-state index contributed by atoms with van der Waals surface area (Å²) in [5.74, 6) is 6.54. The number of rotatable bonds is 23. The Morgan fingerprint density at radius 1 is 0.529 bits per heavy atom. The van der Waals surface area contributed by atoms with Gasteiger partial charge in [-0.2, -0.15) is 0 Å². The van der Waals surface area contributed by atoms with Crippen molar-refractivity contribution in [2.45, 2.75) is 150 Å². The largest absolute Gasteiger partial charge is 0.315 e. The van der Waals surface area contributed by atoms with Crippen LogP contribution < -0.4 is 32.5 Å². The minimum absolute atomic E-state index is 0.0469. The van der Waals surface area contributed by atoms with Crippen molar-refractivity contribution in [3.63, 3.8) is 0 Å². The first-order chi connectivity index (χ1) is 16.0. The smallest absolute Gasteiger partial charge is 0.0378 e. The second-order valence-corrected chi connectivity index (χ2v) is 11.7. The van der Waals surface area contributed by atoms with Crippen LogP contribution in [0, 0.1) is 5.41 Å². The van der Waals surface area contributed by atoms with Gasteiger partial charge in [0.2, 0.25) is 0 Å². The first-order valence-electron chi connectivity index (χ1n) is 14.5. The minimum Gasteiger partial charge on any atom is -0.315 e. The molecule has 0 saturated carbocycles. The maximum Gasteiger partial charge on any atom is 0.0378 e. The summed E-state index contributed by atoms with van der Waals surface area (Å²) in [7, 11) is 0. The number of hydrogen-bond donors (Lipinski definition) is 6. The average molecular weight is 485 g/mol. The van der Waals surface area contributed by atoms with Gasteiger partial charge in [-0.3, -0.25) is 11.3 Å². The van der Waals surface area contributed by atoms with Crippen molar-refractivity contribution in [1.29, 1.82) is 0 Å². The molecule has 0 radical (unpaired) electrons. The Morgan fingerprint density at radius 3 is 1.06 bits per heavy atom. The van der Waals surface area contributed by atoms with Crippen LogP contribution in [0.15, 0.2) is 0 Å². The highest BCUT2D eigenvalue weighted by molar-refractivity contribution is 5.03. The topological polar surface area (TPSA) is 86.2 Å². The Balaban J connectivity index is 5.73. The Kier molecular flexibility index (Phi) is 18.8. The van der Waals surface area contributed by atoms with Crippen LogP contribution in [-0.2, 0) is 0 Å². The fourth-order valence-corrected chi connectivity index (χ4v) is 5.45. The normalized spacial score (nSPS) is 13.2. The molecule has 0 heterocycles. The second kappa shape index (κ2) is 18.9. The molecule has 0 rings (SSSR count). The molecule has 0 aromatic rings. The van der Waals surface area contributed by atoms with E-state index in [0.717, 1.165) is 58.3 Å². The fraction of sp³-hybridized carbons (Fsp3) is 1.00. The third-order valence-corrected chi connectivity index (χ3v) is 7.40. The number of nitrogens with one attached hydrogen (secondary N) is 5. The quantitative estimate of drug-likeness (QED) is 0.0716. The summed E-state index contributed by atoms with van der Waals surface area (Å²) in [6.07, 6.45) is 10.5. The predicted molar refractivity (Wildman–Crippen MR) is 152 cm³/mol. The molecule has 0 bridgehead atoms. The summed E-state index contributed by atoms with van der Waals surface area (Å²) in [6, 6.07) is 2.12. The van der Waals surface area contributed by atoms with Gasteiger partial charge in [0.05, 0.1) is 0 Å². The Bertz CT molecular complexity index is 390. The zero-order valence-electron chi connectivity index (χ0n) is 24.6. The molecular formula is C28H64N6. The number of nitrogens with two attached hydrogens (primary N) is 1. The van der Waals surface area contributed by atoms with Crippen molar-refractivity contribution in [1.82, 2.24) is 26.7 Å². The van der Waals surface area contributed by atoms with Crippen molar-refractivity contribution in [3.8, 4) is 0 Å². The van der Waals surface area contributed by atoms with Crippen molar-refractivity contribution < 1.29 is 0 Å². The summed E-state index contributed by atoms with van der Waals surface area (Å²) < 4.78 is 0. The van der Waals surface area contributed by atoms with E-state index >= 15 is 0 Å². The van der Waals surface area contributed by atoms with E-state index in [4.69, 9.17) is 5.84 Å². The molecule has 0 aliphatic carbocycles. The predicted octanol–water partition coefficient (Wildman–Crippen LogP) is 4.70. The molecule has 206 valence electrons. The van der Waals surface area contributed by atoms with Crippen molar-refractivity contribution in [2.75, 3.05) is 26.2 Å². The van der Waals surface area contributed by atoms with E-state index in [2.05, 4.69) is 89.0 Å². The summed E-state index contributed by atoms with van der Waals surface area (Å²) in [5.41, 5.74) is 3.63. The molecule has 0 spiro atoms. The van der Waals surface area contributed by atoms with E-state index < -0.39 is 0 Å². The van der Waals surface area contributed by atoms with Crippen LogP contribution in [0.3, 0.4) is 0 Å². The molecule has 34 heavy (non-hydrogen) atoms. The number of hydrogen-bond acceptors (Lipinski definition) is 6. The first kappa shape index (κ1) is 33.8. The van der Waals surface area contributed by atoms with Gasteiger partial charge in [-0.25, -0.2) is 0 Å². The molecular weight excluding hydrogens is 420 g/mol. The van der Waals surface area contributed by atoms with Gasteiger partial charge in [0.1, 0.15) is 0 Å². The van der Waals surface area contributed by atoms with Crippen LogP contribution in [0.5, 0.6) is 0 Å². The molecule has 0 saturated heterocycles. The lowest BCUT2D eigenvalue weighted by molar-refractivity contribution is 0.0299. The highest BCUT2D eigenvalue weighted by Gasteiger charge is 2.47. The molecule has 0 amide bonds. The van der Waals surface area contributed by atoms with Crippen LogP contribution in [0.1, 0.15) is 120 Å². The van der Waals surface area contributed by atoms with Gasteiger partial charge < -0.3 is 21.3 Å². The molecule has 0 atom stereocenters. The maximum atomic E-state index is 6.54. The Labute approximate surface area is 214 Å². The van der Waals surface area contributed by atoms with Gasteiger partial charge in [0.25, 0.3) is 0 Å². The van der Waals surface area contributed by atoms with Gasteiger partial charge in [0.15, 0.2) is 0 Å². The maximum absolute atomic E-state index is 6.54. The molecule has 0 aliphatic rings. The minimum atomic E-state index is -0.0469. The third-order valence-electron chi connectivity index (χ3n) is 7.40. The summed E-state index contributed by atoms with van der Waals surface area (Å²) >= 11 is 0. The average Bonchev–Trinajstić information content (AvgIpc) is 2.76. The fourth-order valence-electron chi connectivity index (χ4n) is 5.45. The summed E-state index contributed by atoms with van der Waals surface area (Å²) in [4.78, 5) is 0. The zero-order valence-corrected chi connectivity index (χ0v) is 24.6. The highest BCUT2D eigenvalue weighted by atomic mass is 15.3. The van der Waals surface area contributed by atoms with Crippen LogP contribution in [0.4, 0.5) is 0 Å². The zero-order chi connectivity index (χ0) is 26.0. The van der Waals surface area contributed by atoms with Gasteiger partial charge in [-0.05, 0) is 89.4 Å².